The van der Waals surface area contributed by atoms with E-state index in [0.29, 0.717) is 5.69 Å². The molecule has 0 aliphatic heterocycles. The van der Waals surface area contributed by atoms with Crippen molar-refractivity contribution in [2.45, 2.75) is 0 Å². The van der Waals surface area contributed by atoms with Gasteiger partial charge in [0.2, 0.25) is 5.91 Å². The van der Waals surface area contributed by atoms with Gasteiger partial charge in [0, 0.05) is 19.7 Å². The second-order valence-electron chi connectivity index (χ2n) is 4.40. The van der Waals surface area contributed by atoms with Crippen molar-refractivity contribution < 1.29 is 24.4 Å². The quantitative estimate of drug-likeness (QED) is 0.381. The van der Waals surface area contributed by atoms with Crippen LogP contribution in [0.1, 0.15) is 0 Å². The molecule has 1 amide bonds. The van der Waals surface area contributed by atoms with E-state index in [1.54, 1.807) is 25.2 Å². The molecule has 0 bridgehead atoms. The van der Waals surface area contributed by atoms with Gasteiger partial charge in [-0.2, -0.15) is 0 Å². The second kappa shape index (κ2) is 8.57. The lowest BCUT2D eigenvalue weighted by Gasteiger charge is -2.18. The molecule has 0 unspecified atom stereocenters. The minimum Gasteiger partial charge on any atom is -0.480 e. The molecule has 0 fully saturated rings. The molecule has 120 valence electrons. The SMILES string of the molecule is CN(CC(=O)NCCOCC(=O)O)c1ccccc1[N+](=O)[O-]. The normalized spacial score (nSPS) is 10.0. The highest BCUT2D eigenvalue weighted by Gasteiger charge is 2.17. The fourth-order valence-electron chi connectivity index (χ4n) is 1.72. The molecule has 2 N–H and O–H groups in total. The fraction of sp³-hybridized carbons (Fsp3) is 0.385. The number of likely N-dealkylation sites (N-methyl/N-ethyl adjacent to an activating group) is 1. The van der Waals surface area contributed by atoms with Crippen LogP contribution in [0.15, 0.2) is 24.3 Å². The van der Waals surface area contributed by atoms with E-state index in [9.17, 15) is 19.7 Å². The van der Waals surface area contributed by atoms with E-state index in [-0.39, 0.29) is 31.3 Å². The smallest absolute Gasteiger partial charge is 0.329 e. The summed E-state index contributed by atoms with van der Waals surface area (Å²) in [5.74, 6) is -1.43. The number of carbonyl (C=O) groups excluding carboxylic acids is 1. The van der Waals surface area contributed by atoms with Crippen LogP contribution in [0.25, 0.3) is 0 Å². The number of para-hydroxylation sites is 2. The highest BCUT2D eigenvalue weighted by Crippen LogP contribution is 2.26. The van der Waals surface area contributed by atoms with Gasteiger partial charge in [0.15, 0.2) is 0 Å². The van der Waals surface area contributed by atoms with Gasteiger partial charge in [0.05, 0.1) is 18.1 Å². The Hall–Kier alpha value is -2.68. The average molecular weight is 311 g/mol. The van der Waals surface area contributed by atoms with Crippen LogP contribution in [0.2, 0.25) is 0 Å². The van der Waals surface area contributed by atoms with Crippen molar-refractivity contribution in [1.29, 1.82) is 0 Å². The molecule has 0 aromatic heterocycles. The number of anilines is 1. The number of ether oxygens (including phenoxy) is 1. The number of nitro groups is 1. The molecule has 9 heteroatoms. The molecule has 1 aromatic rings. The van der Waals surface area contributed by atoms with Gasteiger partial charge in [-0.15, -0.1) is 0 Å². The Morgan fingerprint density at radius 2 is 2.09 bits per heavy atom. The molecule has 22 heavy (non-hydrogen) atoms. The van der Waals surface area contributed by atoms with Crippen molar-refractivity contribution in [1.82, 2.24) is 5.32 Å². The maximum Gasteiger partial charge on any atom is 0.329 e. The molecular formula is C13H17N3O6. The molecule has 9 nitrogen and oxygen atoms in total. The summed E-state index contributed by atoms with van der Waals surface area (Å²) < 4.78 is 4.77. The van der Waals surface area contributed by atoms with E-state index >= 15 is 0 Å². The molecule has 0 radical (unpaired) electrons. The van der Waals surface area contributed by atoms with Crippen LogP contribution in [0.5, 0.6) is 0 Å². The third kappa shape index (κ3) is 5.75. The van der Waals surface area contributed by atoms with Crippen LogP contribution in [0.3, 0.4) is 0 Å². The number of nitro benzene ring substituents is 1. The van der Waals surface area contributed by atoms with Gasteiger partial charge in [-0.1, -0.05) is 12.1 Å². The lowest BCUT2D eigenvalue weighted by Crippen LogP contribution is -2.37. The molecular weight excluding hydrogens is 294 g/mol. The molecule has 0 aliphatic rings. The molecule has 0 saturated heterocycles. The molecule has 1 aromatic carbocycles. The van der Waals surface area contributed by atoms with E-state index in [0.717, 1.165) is 0 Å². The van der Waals surface area contributed by atoms with E-state index < -0.39 is 17.5 Å². The number of hydrogen-bond donors (Lipinski definition) is 2. The Morgan fingerprint density at radius 1 is 1.41 bits per heavy atom. The summed E-state index contributed by atoms with van der Waals surface area (Å²) in [4.78, 5) is 33.8. The summed E-state index contributed by atoms with van der Waals surface area (Å²) in [5, 5.41) is 21.8. The lowest BCUT2D eigenvalue weighted by molar-refractivity contribution is -0.384. The van der Waals surface area contributed by atoms with Gasteiger partial charge in [-0.05, 0) is 6.07 Å². The number of nitrogens with zero attached hydrogens (tertiary/aromatic N) is 2. The van der Waals surface area contributed by atoms with E-state index in [4.69, 9.17) is 9.84 Å². The number of carboxylic acids is 1. The van der Waals surface area contributed by atoms with Crippen LogP contribution in [-0.2, 0) is 14.3 Å². The van der Waals surface area contributed by atoms with Gasteiger partial charge in [-0.3, -0.25) is 14.9 Å². The number of hydrogen-bond acceptors (Lipinski definition) is 6. The van der Waals surface area contributed by atoms with Crippen molar-refractivity contribution in [2.75, 3.05) is 38.3 Å². The third-order valence-electron chi connectivity index (χ3n) is 2.66. The molecule has 0 spiro atoms. The van der Waals surface area contributed by atoms with Crippen LogP contribution in [0, 0.1) is 10.1 Å². The highest BCUT2D eigenvalue weighted by molar-refractivity contribution is 5.82. The minimum absolute atomic E-state index is 0.0657. The summed E-state index contributed by atoms with van der Waals surface area (Å²) in [6.45, 7) is -0.250. The first kappa shape index (κ1) is 17.4. The molecule has 0 saturated carbocycles. The van der Waals surface area contributed by atoms with Crippen molar-refractivity contribution in [3.05, 3.63) is 34.4 Å². The van der Waals surface area contributed by atoms with Gasteiger partial charge in [-0.25, -0.2) is 4.79 Å². The van der Waals surface area contributed by atoms with Crippen molar-refractivity contribution in [2.24, 2.45) is 0 Å². The lowest BCUT2D eigenvalue weighted by atomic mass is 10.2. The summed E-state index contributed by atoms with van der Waals surface area (Å²) in [7, 11) is 1.57. The first-order chi connectivity index (χ1) is 10.4. The Kier molecular flexibility index (Phi) is 6.77. The van der Waals surface area contributed by atoms with Crippen LogP contribution < -0.4 is 10.2 Å². The molecule has 0 atom stereocenters. The largest absolute Gasteiger partial charge is 0.480 e. The Bertz CT molecular complexity index is 548. The topological polar surface area (TPSA) is 122 Å². The van der Waals surface area contributed by atoms with Gasteiger partial charge in [0.1, 0.15) is 12.3 Å². The number of carbonyl (C=O) groups is 2. The van der Waals surface area contributed by atoms with Crippen molar-refractivity contribution in [3.8, 4) is 0 Å². The van der Waals surface area contributed by atoms with Crippen molar-refractivity contribution in [3.63, 3.8) is 0 Å². The van der Waals surface area contributed by atoms with Crippen LogP contribution >= 0.6 is 0 Å². The van der Waals surface area contributed by atoms with Gasteiger partial charge < -0.3 is 20.1 Å². The predicted octanol–water partition coefficient (Wildman–Crippen LogP) is 0.248. The fourth-order valence-corrected chi connectivity index (χ4v) is 1.72. The summed E-state index contributed by atoms with van der Waals surface area (Å²) >= 11 is 0. The summed E-state index contributed by atoms with van der Waals surface area (Å²) in [6.07, 6.45) is 0. The number of rotatable bonds is 9. The van der Waals surface area contributed by atoms with E-state index in [1.165, 1.54) is 11.0 Å². The number of aliphatic carboxylic acids is 1. The van der Waals surface area contributed by atoms with Gasteiger partial charge in [0.25, 0.3) is 5.69 Å². The first-order valence-corrected chi connectivity index (χ1v) is 6.42. The highest BCUT2D eigenvalue weighted by atomic mass is 16.6. The van der Waals surface area contributed by atoms with Crippen molar-refractivity contribution >= 4 is 23.3 Å². The minimum atomic E-state index is -1.08. The molecule has 0 aliphatic carbocycles. The number of amides is 1. The Labute approximate surface area is 126 Å². The van der Waals surface area contributed by atoms with E-state index in [2.05, 4.69) is 5.32 Å². The maximum atomic E-state index is 11.7. The predicted molar refractivity (Wildman–Crippen MR) is 77.8 cm³/mol. The summed E-state index contributed by atoms with van der Waals surface area (Å²) in [5.41, 5.74) is 0.257. The number of benzene rings is 1. The van der Waals surface area contributed by atoms with Crippen LogP contribution in [-0.4, -0.2) is 55.3 Å². The zero-order valence-corrected chi connectivity index (χ0v) is 12.0. The van der Waals surface area contributed by atoms with Gasteiger partial charge >= 0.3 is 5.97 Å². The average Bonchev–Trinajstić information content (AvgIpc) is 2.46. The maximum absolute atomic E-state index is 11.7. The Morgan fingerprint density at radius 3 is 2.73 bits per heavy atom. The van der Waals surface area contributed by atoms with Crippen LogP contribution in [0.4, 0.5) is 11.4 Å². The van der Waals surface area contributed by atoms with E-state index in [1.807, 2.05) is 0 Å². The monoisotopic (exact) mass is 311 g/mol. The molecule has 1 rings (SSSR count). The number of carboxylic acid groups (broad SMARTS) is 1. The first-order valence-electron chi connectivity index (χ1n) is 6.42. The second-order valence-corrected chi connectivity index (χ2v) is 4.40. The third-order valence-corrected chi connectivity index (χ3v) is 2.66. The zero-order valence-electron chi connectivity index (χ0n) is 12.0. The number of nitrogens with one attached hydrogen (secondary N) is 1. The molecule has 0 heterocycles. The zero-order chi connectivity index (χ0) is 16.5. The summed E-state index contributed by atoms with van der Waals surface area (Å²) in [6, 6.07) is 6.12. The standard InChI is InChI=1S/C13H17N3O6/c1-15(10-4-2-3-5-11(10)16(20)21)8-12(17)14-6-7-22-9-13(18)19/h2-5H,6-9H2,1H3,(H,14,17)(H,18,19). The Balaban J connectivity index is 2.44.